The minimum Gasteiger partial charge on any atom is -0.456 e. The summed E-state index contributed by atoms with van der Waals surface area (Å²) in [6, 6.07) is 27.1. The number of sulfone groups is 1. The van der Waals surface area contributed by atoms with Gasteiger partial charge in [0.05, 0.1) is 0 Å². The van der Waals surface area contributed by atoms with Crippen molar-refractivity contribution in [1.29, 1.82) is 0 Å². The molecule has 0 saturated carbocycles. The third-order valence-electron chi connectivity index (χ3n) is 4.37. The molecule has 0 radical (unpaired) electrons. The van der Waals surface area contributed by atoms with Gasteiger partial charge in [-0.1, -0.05) is 36.4 Å². The number of para-hydroxylation sites is 2. The van der Waals surface area contributed by atoms with Crippen LogP contribution in [-0.2, 0) is 9.84 Å². The molecule has 4 nitrogen and oxygen atoms in total. The lowest BCUT2D eigenvalue weighted by Crippen LogP contribution is -2.06. The van der Waals surface area contributed by atoms with Gasteiger partial charge in [-0.05, 0) is 60.7 Å². The summed E-state index contributed by atoms with van der Waals surface area (Å²) in [4.78, 5) is 1.50. The number of rotatable bonds is 6. The van der Waals surface area contributed by atoms with Crippen LogP contribution >= 0.6 is 25.3 Å². The van der Waals surface area contributed by atoms with Crippen molar-refractivity contribution in [3.63, 3.8) is 0 Å². The Labute approximate surface area is 192 Å². The molecule has 7 heteroatoms. The first kappa shape index (κ1) is 21.4. The Balaban J connectivity index is 1.75. The number of hydrogen-bond donors (Lipinski definition) is 2. The zero-order valence-corrected chi connectivity index (χ0v) is 18.8. The van der Waals surface area contributed by atoms with E-state index in [-0.39, 0.29) is 21.3 Å². The van der Waals surface area contributed by atoms with Gasteiger partial charge in [-0.25, -0.2) is 8.42 Å². The lowest BCUT2D eigenvalue weighted by molar-refractivity contribution is 0.460. The van der Waals surface area contributed by atoms with Gasteiger partial charge in [0.1, 0.15) is 32.8 Å². The zero-order chi connectivity index (χ0) is 21.8. The van der Waals surface area contributed by atoms with Gasteiger partial charge >= 0.3 is 0 Å². The fourth-order valence-electron chi connectivity index (χ4n) is 2.98. The molecule has 0 aromatic heterocycles. The van der Waals surface area contributed by atoms with Gasteiger partial charge in [-0.15, -0.1) is 25.3 Å². The van der Waals surface area contributed by atoms with E-state index in [9.17, 15) is 8.42 Å². The molecule has 0 amide bonds. The average molecular weight is 467 g/mol. The van der Waals surface area contributed by atoms with Crippen LogP contribution in [0.5, 0.6) is 23.0 Å². The topological polar surface area (TPSA) is 52.6 Å². The molecular weight excluding hydrogens is 448 g/mol. The molecule has 0 aliphatic rings. The van der Waals surface area contributed by atoms with Crippen molar-refractivity contribution in [3.05, 3.63) is 97.1 Å². The molecule has 4 aromatic rings. The molecule has 0 unspecified atom stereocenters. The third-order valence-corrected chi connectivity index (χ3v) is 6.76. The van der Waals surface area contributed by atoms with E-state index in [1.165, 1.54) is 12.1 Å². The highest BCUT2D eigenvalue weighted by atomic mass is 32.2. The highest BCUT2D eigenvalue weighted by Crippen LogP contribution is 2.37. The van der Waals surface area contributed by atoms with Crippen molar-refractivity contribution in [2.75, 3.05) is 0 Å². The molecule has 31 heavy (non-hydrogen) atoms. The van der Waals surface area contributed by atoms with Crippen LogP contribution in [0.4, 0.5) is 0 Å². The standard InChI is InChI=1S/C24H18O4S3/c25-31(26,23-13-3-1-11-21(23)27-17-7-5-9-19(29)15-17)24-14-4-2-12-22(24)28-18-8-6-10-20(30)16-18/h1-16,29-30H. The molecule has 0 aliphatic carbocycles. The second kappa shape index (κ2) is 9.09. The van der Waals surface area contributed by atoms with Crippen LogP contribution in [0.1, 0.15) is 0 Å². The Morgan fingerprint density at radius 1 is 0.548 bits per heavy atom. The minimum atomic E-state index is -3.95. The monoisotopic (exact) mass is 466 g/mol. The Kier molecular flexibility index (Phi) is 6.27. The molecule has 4 aromatic carbocycles. The van der Waals surface area contributed by atoms with Crippen LogP contribution in [0.15, 0.2) is 117 Å². The quantitative estimate of drug-likeness (QED) is 0.311. The molecule has 156 valence electrons. The predicted octanol–water partition coefficient (Wildman–Crippen LogP) is 6.68. The van der Waals surface area contributed by atoms with Crippen molar-refractivity contribution in [2.24, 2.45) is 0 Å². The molecule has 0 fully saturated rings. The third kappa shape index (κ3) is 4.90. The van der Waals surface area contributed by atoms with Crippen molar-refractivity contribution in [1.82, 2.24) is 0 Å². The van der Waals surface area contributed by atoms with Crippen LogP contribution in [-0.4, -0.2) is 8.42 Å². The second-order valence-electron chi connectivity index (χ2n) is 6.60. The van der Waals surface area contributed by atoms with Gasteiger partial charge in [-0.3, -0.25) is 0 Å². The highest BCUT2D eigenvalue weighted by molar-refractivity contribution is 7.91. The highest BCUT2D eigenvalue weighted by Gasteiger charge is 2.26. The summed E-state index contributed by atoms with van der Waals surface area (Å²) >= 11 is 8.62. The summed E-state index contributed by atoms with van der Waals surface area (Å²) in [6.45, 7) is 0. The Morgan fingerprint density at radius 2 is 0.968 bits per heavy atom. The molecule has 4 rings (SSSR count). The van der Waals surface area contributed by atoms with E-state index >= 15 is 0 Å². The van der Waals surface area contributed by atoms with Gasteiger partial charge in [0.15, 0.2) is 0 Å². The molecule has 0 atom stereocenters. The number of hydrogen-bond acceptors (Lipinski definition) is 6. The molecule has 0 spiro atoms. The first-order chi connectivity index (χ1) is 14.9. The zero-order valence-electron chi connectivity index (χ0n) is 16.2. The van der Waals surface area contributed by atoms with Crippen molar-refractivity contribution < 1.29 is 17.9 Å². The van der Waals surface area contributed by atoms with Crippen molar-refractivity contribution >= 4 is 35.1 Å². The molecule has 0 bridgehead atoms. The van der Waals surface area contributed by atoms with Crippen LogP contribution in [0, 0.1) is 0 Å². The van der Waals surface area contributed by atoms with E-state index in [4.69, 9.17) is 9.47 Å². The number of ether oxygens (including phenoxy) is 2. The maximum Gasteiger partial charge on any atom is 0.213 e. The van der Waals surface area contributed by atoms with Gasteiger partial charge in [0, 0.05) is 9.79 Å². The maximum absolute atomic E-state index is 13.6. The van der Waals surface area contributed by atoms with E-state index in [0.29, 0.717) is 21.3 Å². The van der Waals surface area contributed by atoms with Crippen LogP contribution in [0.3, 0.4) is 0 Å². The van der Waals surface area contributed by atoms with E-state index in [2.05, 4.69) is 25.3 Å². The second-order valence-corrected chi connectivity index (χ2v) is 9.52. The van der Waals surface area contributed by atoms with Gasteiger partial charge in [0.2, 0.25) is 9.84 Å². The number of benzene rings is 4. The van der Waals surface area contributed by atoms with Gasteiger partial charge in [0.25, 0.3) is 0 Å². The van der Waals surface area contributed by atoms with E-state index in [1.807, 2.05) is 12.1 Å². The minimum absolute atomic E-state index is 0.0403. The summed E-state index contributed by atoms with van der Waals surface area (Å²) in [6.07, 6.45) is 0. The summed E-state index contributed by atoms with van der Waals surface area (Å²) in [5, 5.41) is 0. The first-order valence-corrected chi connectivity index (χ1v) is 11.7. The molecule has 0 saturated heterocycles. The van der Waals surface area contributed by atoms with Gasteiger partial charge < -0.3 is 9.47 Å². The summed E-state index contributed by atoms with van der Waals surface area (Å²) in [7, 11) is -3.95. The van der Waals surface area contributed by atoms with E-state index in [0.717, 1.165) is 0 Å². The fourth-order valence-corrected chi connectivity index (χ4v) is 4.91. The maximum atomic E-state index is 13.6. The Bertz CT molecular complexity index is 1240. The number of thiol groups is 2. The Morgan fingerprint density at radius 3 is 1.39 bits per heavy atom. The lowest BCUT2D eigenvalue weighted by atomic mass is 10.3. The van der Waals surface area contributed by atoms with Crippen LogP contribution in [0.2, 0.25) is 0 Å². The first-order valence-electron chi connectivity index (χ1n) is 9.30. The van der Waals surface area contributed by atoms with Gasteiger partial charge in [-0.2, -0.15) is 0 Å². The normalized spacial score (nSPS) is 11.2. The Hall–Kier alpha value is -2.87. The molecule has 0 aliphatic heterocycles. The lowest BCUT2D eigenvalue weighted by Gasteiger charge is -2.15. The summed E-state index contributed by atoms with van der Waals surface area (Å²) < 4.78 is 39.0. The molecule has 0 heterocycles. The fraction of sp³-hybridized carbons (Fsp3) is 0. The predicted molar refractivity (Wildman–Crippen MR) is 126 cm³/mol. The van der Waals surface area contributed by atoms with Crippen LogP contribution < -0.4 is 9.47 Å². The summed E-state index contributed by atoms with van der Waals surface area (Å²) in [5.74, 6) is 1.41. The molecular formula is C24H18O4S3. The van der Waals surface area contributed by atoms with E-state index < -0.39 is 9.84 Å². The van der Waals surface area contributed by atoms with Crippen molar-refractivity contribution in [3.8, 4) is 23.0 Å². The SMILES string of the molecule is O=S(=O)(c1ccccc1Oc1cccc(S)c1)c1ccccc1Oc1cccc(S)c1. The average Bonchev–Trinajstić information content (AvgIpc) is 2.74. The van der Waals surface area contributed by atoms with Crippen molar-refractivity contribution in [2.45, 2.75) is 19.6 Å². The summed E-state index contributed by atoms with van der Waals surface area (Å²) in [5.41, 5.74) is 0. The smallest absolute Gasteiger partial charge is 0.213 e. The largest absolute Gasteiger partial charge is 0.456 e. The van der Waals surface area contributed by atoms with E-state index in [1.54, 1.807) is 72.8 Å². The molecule has 0 N–H and O–H groups in total. The van der Waals surface area contributed by atoms with Crippen LogP contribution in [0.25, 0.3) is 0 Å².